The molecule has 0 unspecified atom stereocenters. The molecule has 1 fully saturated rings. The second-order valence-corrected chi connectivity index (χ2v) is 3.37. The van der Waals surface area contributed by atoms with Gasteiger partial charge in [-0.3, -0.25) is 4.90 Å². The number of nitrogens with one attached hydrogen (secondary N) is 1. The molecular formula is C10H24N2O4. The summed E-state index contributed by atoms with van der Waals surface area (Å²) in [6.45, 7) is 5.59. The van der Waals surface area contributed by atoms with Crippen LogP contribution < -0.4 is 5.32 Å². The summed E-state index contributed by atoms with van der Waals surface area (Å²) in [6, 6.07) is 0. The van der Waals surface area contributed by atoms with E-state index in [4.69, 9.17) is 20.1 Å². The summed E-state index contributed by atoms with van der Waals surface area (Å²) >= 11 is 0. The van der Waals surface area contributed by atoms with Crippen LogP contribution in [0.15, 0.2) is 0 Å². The van der Waals surface area contributed by atoms with Crippen LogP contribution in [0.2, 0.25) is 0 Å². The maximum Gasteiger partial charge on any atom is 0.0591 e. The second kappa shape index (κ2) is 12.8. The molecule has 1 rings (SSSR count). The van der Waals surface area contributed by atoms with Crippen molar-refractivity contribution in [3.8, 4) is 0 Å². The first-order valence-electron chi connectivity index (χ1n) is 5.68. The summed E-state index contributed by atoms with van der Waals surface area (Å²) in [5.41, 5.74) is 0. The summed E-state index contributed by atoms with van der Waals surface area (Å²) in [4.78, 5) is 1.79. The molecule has 1 aliphatic heterocycles. The highest BCUT2D eigenvalue weighted by atomic mass is 16.5. The molecule has 0 atom stereocenters. The van der Waals surface area contributed by atoms with Crippen molar-refractivity contribution in [3.63, 3.8) is 0 Å². The van der Waals surface area contributed by atoms with E-state index in [9.17, 15) is 0 Å². The molecular weight excluding hydrogens is 212 g/mol. The van der Waals surface area contributed by atoms with Gasteiger partial charge in [0, 0.05) is 32.7 Å². The smallest absolute Gasteiger partial charge is 0.0591 e. The Balaban J connectivity index is 0.000000315. The van der Waals surface area contributed by atoms with E-state index in [1.807, 2.05) is 0 Å². The average Bonchev–Trinajstić information content (AvgIpc) is 2.33. The normalized spacial score (nSPS) is 15.8. The lowest BCUT2D eigenvalue weighted by atomic mass is 10.4. The predicted molar refractivity (Wildman–Crippen MR) is 61.4 cm³/mol. The number of morpholine rings is 1. The number of ether oxygens (including phenoxy) is 1. The van der Waals surface area contributed by atoms with E-state index in [1.165, 1.54) is 0 Å². The van der Waals surface area contributed by atoms with Crippen LogP contribution in [-0.2, 0) is 4.74 Å². The lowest BCUT2D eigenvalue weighted by molar-refractivity contribution is 0.109. The summed E-state index contributed by atoms with van der Waals surface area (Å²) in [6.07, 6.45) is 0. The Morgan fingerprint density at radius 1 is 0.875 bits per heavy atom. The van der Waals surface area contributed by atoms with Crippen LogP contribution in [0, 0.1) is 0 Å². The van der Waals surface area contributed by atoms with Crippen LogP contribution >= 0.6 is 0 Å². The zero-order valence-electron chi connectivity index (χ0n) is 9.77. The van der Waals surface area contributed by atoms with Gasteiger partial charge in [-0.05, 0) is 0 Å². The van der Waals surface area contributed by atoms with Gasteiger partial charge in [0.25, 0.3) is 0 Å². The van der Waals surface area contributed by atoms with Crippen molar-refractivity contribution in [3.05, 3.63) is 0 Å². The monoisotopic (exact) mass is 236 g/mol. The first kappa shape index (κ1) is 15.8. The van der Waals surface area contributed by atoms with Crippen molar-refractivity contribution in [2.75, 3.05) is 65.8 Å². The number of aliphatic hydroxyl groups excluding tert-OH is 3. The first-order valence-corrected chi connectivity index (χ1v) is 5.68. The third kappa shape index (κ3) is 10.3. The molecule has 0 saturated carbocycles. The average molecular weight is 236 g/mol. The van der Waals surface area contributed by atoms with Crippen LogP contribution in [-0.4, -0.2) is 86.0 Å². The molecule has 0 spiro atoms. The Morgan fingerprint density at radius 3 is 1.50 bits per heavy atom. The van der Waals surface area contributed by atoms with Crippen molar-refractivity contribution in [2.24, 2.45) is 0 Å². The van der Waals surface area contributed by atoms with Gasteiger partial charge in [0.2, 0.25) is 0 Å². The minimum absolute atomic E-state index is 0.0694. The number of hydrogen-bond donors (Lipinski definition) is 4. The molecule has 1 saturated heterocycles. The van der Waals surface area contributed by atoms with E-state index in [0.717, 1.165) is 26.3 Å². The third-order valence-electron chi connectivity index (χ3n) is 2.10. The van der Waals surface area contributed by atoms with Gasteiger partial charge in [-0.2, -0.15) is 0 Å². The molecule has 4 N–H and O–H groups in total. The van der Waals surface area contributed by atoms with E-state index in [-0.39, 0.29) is 19.8 Å². The lowest BCUT2D eigenvalue weighted by Crippen LogP contribution is -2.32. The maximum atomic E-state index is 8.48. The molecule has 1 aliphatic rings. The minimum Gasteiger partial charge on any atom is -0.395 e. The van der Waals surface area contributed by atoms with Gasteiger partial charge >= 0.3 is 0 Å². The Morgan fingerprint density at radius 2 is 1.31 bits per heavy atom. The molecule has 98 valence electrons. The molecule has 0 radical (unpaired) electrons. The molecule has 16 heavy (non-hydrogen) atoms. The van der Waals surface area contributed by atoms with Gasteiger partial charge in [-0.1, -0.05) is 0 Å². The topological polar surface area (TPSA) is 85.2 Å². The zero-order chi connectivity index (χ0) is 12.1. The Labute approximate surface area is 96.8 Å². The second-order valence-electron chi connectivity index (χ2n) is 3.37. The lowest BCUT2D eigenvalue weighted by Gasteiger charge is -2.17. The molecule has 0 amide bonds. The SMILES string of the molecule is C1COCCN1.OCCN(CCO)CCO. The largest absolute Gasteiger partial charge is 0.395 e. The van der Waals surface area contributed by atoms with Crippen LogP contribution in [0.4, 0.5) is 0 Å². The molecule has 0 aliphatic carbocycles. The fraction of sp³-hybridized carbons (Fsp3) is 1.00. The van der Waals surface area contributed by atoms with E-state index >= 15 is 0 Å². The molecule has 0 aromatic rings. The van der Waals surface area contributed by atoms with E-state index in [0.29, 0.717) is 19.6 Å². The van der Waals surface area contributed by atoms with Crippen LogP contribution in [0.1, 0.15) is 0 Å². The van der Waals surface area contributed by atoms with Gasteiger partial charge in [0.15, 0.2) is 0 Å². The Kier molecular flexibility index (Phi) is 12.6. The van der Waals surface area contributed by atoms with Crippen molar-refractivity contribution >= 4 is 0 Å². The minimum atomic E-state index is 0.0694. The van der Waals surface area contributed by atoms with Crippen LogP contribution in [0.5, 0.6) is 0 Å². The standard InChI is InChI=1S/C6H15NO3.C4H9NO/c8-4-1-7(2-5-9)3-6-10;1-3-6-4-2-5-1/h8-10H,1-6H2;5H,1-4H2. The first-order chi connectivity index (χ1) is 7.85. The van der Waals surface area contributed by atoms with Gasteiger partial charge in [0.05, 0.1) is 33.0 Å². The van der Waals surface area contributed by atoms with Crippen molar-refractivity contribution in [1.82, 2.24) is 10.2 Å². The van der Waals surface area contributed by atoms with Crippen LogP contribution in [0.3, 0.4) is 0 Å². The van der Waals surface area contributed by atoms with Gasteiger partial charge in [0.1, 0.15) is 0 Å². The Hall–Kier alpha value is -0.240. The van der Waals surface area contributed by atoms with Crippen LogP contribution in [0.25, 0.3) is 0 Å². The summed E-state index contributed by atoms with van der Waals surface area (Å²) in [5.74, 6) is 0. The number of nitrogens with zero attached hydrogens (tertiary/aromatic N) is 1. The van der Waals surface area contributed by atoms with Crippen molar-refractivity contribution < 1.29 is 20.1 Å². The van der Waals surface area contributed by atoms with Gasteiger partial charge in [-0.15, -0.1) is 0 Å². The fourth-order valence-corrected chi connectivity index (χ4v) is 1.28. The zero-order valence-corrected chi connectivity index (χ0v) is 9.77. The molecule has 0 aromatic heterocycles. The summed E-state index contributed by atoms with van der Waals surface area (Å²) in [7, 11) is 0. The molecule has 0 aromatic carbocycles. The van der Waals surface area contributed by atoms with E-state index in [1.54, 1.807) is 4.90 Å². The van der Waals surface area contributed by atoms with E-state index < -0.39 is 0 Å². The summed E-state index contributed by atoms with van der Waals surface area (Å²) < 4.78 is 5.01. The molecule has 6 heteroatoms. The predicted octanol–water partition coefficient (Wildman–Crippen LogP) is -2.13. The van der Waals surface area contributed by atoms with Gasteiger partial charge in [-0.25, -0.2) is 0 Å². The summed E-state index contributed by atoms with van der Waals surface area (Å²) in [5, 5.41) is 28.6. The number of hydrogen-bond acceptors (Lipinski definition) is 6. The fourth-order valence-electron chi connectivity index (χ4n) is 1.28. The quantitative estimate of drug-likeness (QED) is 0.422. The maximum absolute atomic E-state index is 8.48. The number of rotatable bonds is 6. The van der Waals surface area contributed by atoms with Gasteiger partial charge < -0.3 is 25.4 Å². The van der Waals surface area contributed by atoms with Crippen molar-refractivity contribution in [2.45, 2.75) is 0 Å². The highest BCUT2D eigenvalue weighted by Gasteiger charge is 2.00. The highest BCUT2D eigenvalue weighted by molar-refractivity contribution is 4.54. The molecule has 0 bridgehead atoms. The number of aliphatic hydroxyl groups is 3. The highest BCUT2D eigenvalue weighted by Crippen LogP contribution is 1.84. The third-order valence-corrected chi connectivity index (χ3v) is 2.10. The molecule has 1 heterocycles. The van der Waals surface area contributed by atoms with E-state index in [2.05, 4.69) is 5.32 Å². The molecule has 6 nitrogen and oxygen atoms in total. The Bertz CT molecular complexity index is 108. The van der Waals surface area contributed by atoms with Crippen molar-refractivity contribution in [1.29, 1.82) is 0 Å².